The van der Waals surface area contributed by atoms with Crippen molar-refractivity contribution in [3.8, 4) is 0 Å². The lowest BCUT2D eigenvalue weighted by Crippen LogP contribution is -2.30. The highest BCUT2D eigenvalue weighted by molar-refractivity contribution is 5.75. The number of carbonyl (C=O) groups is 1. The van der Waals surface area contributed by atoms with Crippen LogP contribution in [0.5, 0.6) is 0 Å². The number of aromatic nitrogens is 2. The smallest absolute Gasteiger partial charge is 0.224 e. The van der Waals surface area contributed by atoms with Crippen LogP contribution >= 0.6 is 0 Å². The minimum atomic E-state index is 0.198. The average molecular weight is 194 g/mol. The van der Waals surface area contributed by atoms with Crippen molar-refractivity contribution in [2.75, 3.05) is 13.1 Å². The molecule has 77 valence electrons. The first-order chi connectivity index (χ1) is 6.77. The van der Waals surface area contributed by atoms with Crippen molar-refractivity contribution in [3.63, 3.8) is 0 Å². The summed E-state index contributed by atoms with van der Waals surface area (Å²) in [4.78, 5) is 17.2. The second-order valence-electron chi connectivity index (χ2n) is 3.06. The summed E-state index contributed by atoms with van der Waals surface area (Å²) in [6, 6.07) is 0. The number of imidazole rings is 1. The Morgan fingerprint density at radius 1 is 1.50 bits per heavy atom. The second kappa shape index (κ2) is 5.42. The van der Waals surface area contributed by atoms with Gasteiger partial charge in [-0.15, -0.1) is 0 Å². The number of hydrogen-bond acceptors (Lipinski definition) is 2. The molecule has 0 saturated carbocycles. The molecule has 0 saturated heterocycles. The fourth-order valence-electron chi connectivity index (χ4n) is 1.33. The summed E-state index contributed by atoms with van der Waals surface area (Å²) >= 11 is 0. The second-order valence-corrected chi connectivity index (χ2v) is 3.06. The highest BCUT2D eigenvalue weighted by Crippen LogP contribution is 1.96. The molecule has 1 aromatic heterocycles. The summed E-state index contributed by atoms with van der Waals surface area (Å²) in [5.74, 6) is 0.198. The lowest BCUT2D eigenvalue weighted by Gasteiger charge is -2.18. The van der Waals surface area contributed by atoms with Crippen LogP contribution in [-0.4, -0.2) is 33.4 Å². The molecule has 0 unspecified atom stereocenters. The largest absolute Gasteiger partial charge is 0.343 e. The van der Waals surface area contributed by atoms with E-state index in [9.17, 15) is 4.79 Å². The fraction of sp³-hybridized carbons (Fsp3) is 0.600. The van der Waals surface area contributed by atoms with Gasteiger partial charge in [-0.25, -0.2) is 4.98 Å². The van der Waals surface area contributed by atoms with Gasteiger partial charge in [-0.1, -0.05) is 0 Å². The van der Waals surface area contributed by atoms with Crippen LogP contribution in [0, 0.1) is 6.20 Å². The summed E-state index contributed by atoms with van der Waals surface area (Å²) in [7, 11) is 0. The number of amides is 1. The number of nitrogens with zero attached hydrogens (tertiary/aromatic N) is 3. The Balaban J connectivity index is 2.34. The molecule has 0 aliphatic heterocycles. The van der Waals surface area contributed by atoms with Crippen molar-refractivity contribution in [2.24, 2.45) is 0 Å². The first-order valence-electron chi connectivity index (χ1n) is 4.93. The number of rotatable bonds is 5. The van der Waals surface area contributed by atoms with E-state index in [1.54, 1.807) is 12.5 Å². The SMILES string of the molecule is CCN(CC)C(=O)CCn1c[c]nc1. The fourth-order valence-corrected chi connectivity index (χ4v) is 1.33. The Kier molecular flexibility index (Phi) is 4.16. The standard InChI is InChI=1S/C10H16N3O/c1-3-13(4-2)10(14)5-7-12-8-6-11-9-12/h8-9H,3-5,7H2,1-2H3. The molecule has 1 rings (SSSR count). The highest BCUT2D eigenvalue weighted by Gasteiger charge is 2.08. The monoisotopic (exact) mass is 194 g/mol. The molecule has 4 nitrogen and oxygen atoms in total. The maximum Gasteiger partial charge on any atom is 0.224 e. The molecule has 0 aliphatic rings. The zero-order chi connectivity index (χ0) is 10.4. The molecule has 0 aliphatic carbocycles. The Hall–Kier alpha value is -1.32. The lowest BCUT2D eigenvalue weighted by molar-refractivity contribution is -0.131. The molecular weight excluding hydrogens is 178 g/mol. The third-order valence-electron chi connectivity index (χ3n) is 2.20. The van der Waals surface area contributed by atoms with E-state index in [0.29, 0.717) is 13.0 Å². The van der Waals surface area contributed by atoms with Gasteiger partial charge in [0.1, 0.15) is 6.20 Å². The van der Waals surface area contributed by atoms with Crippen LogP contribution in [0.15, 0.2) is 12.5 Å². The predicted octanol–water partition coefficient (Wildman–Crippen LogP) is 0.942. The first kappa shape index (κ1) is 10.8. The van der Waals surface area contributed by atoms with Gasteiger partial charge in [0.05, 0.1) is 6.33 Å². The van der Waals surface area contributed by atoms with Crippen LogP contribution in [0.1, 0.15) is 20.3 Å². The highest BCUT2D eigenvalue weighted by atomic mass is 16.2. The first-order valence-corrected chi connectivity index (χ1v) is 4.93. The molecule has 1 amide bonds. The minimum Gasteiger partial charge on any atom is -0.343 e. The Morgan fingerprint density at radius 2 is 2.21 bits per heavy atom. The van der Waals surface area contributed by atoms with Crippen LogP contribution in [-0.2, 0) is 11.3 Å². The summed E-state index contributed by atoms with van der Waals surface area (Å²) in [6.45, 7) is 6.24. The number of aryl methyl sites for hydroxylation is 1. The molecule has 1 heterocycles. The van der Waals surface area contributed by atoms with Gasteiger partial charge < -0.3 is 9.47 Å². The summed E-state index contributed by atoms with van der Waals surface area (Å²) in [5.41, 5.74) is 0. The van der Waals surface area contributed by atoms with Crippen molar-refractivity contribution in [2.45, 2.75) is 26.8 Å². The third-order valence-corrected chi connectivity index (χ3v) is 2.20. The zero-order valence-electron chi connectivity index (χ0n) is 8.73. The van der Waals surface area contributed by atoms with Gasteiger partial charge in [-0.3, -0.25) is 4.79 Å². The van der Waals surface area contributed by atoms with Crippen LogP contribution in [0.25, 0.3) is 0 Å². The molecule has 1 aromatic rings. The van der Waals surface area contributed by atoms with E-state index < -0.39 is 0 Å². The van der Waals surface area contributed by atoms with Crippen LogP contribution in [0.3, 0.4) is 0 Å². The Bertz CT molecular complexity index is 265. The van der Waals surface area contributed by atoms with E-state index in [1.165, 1.54) is 0 Å². The topological polar surface area (TPSA) is 38.1 Å². The van der Waals surface area contributed by atoms with Crippen molar-refractivity contribution in [1.29, 1.82) is 0 Å². The quantitative estimate of drug-likeness (QED) is 0.699. The van der Waals surface area contributed by atoms with Gasteiger partial charge in [0, 0.05) is 32.3 Å². The molecule has 0 fully saturated rings. The van der Waals surface area contributed by atoms with Gasteiger partial charge in [-0.2, -0.15) is 0 Å². The third kappa shape index (κ3) is 2.87. The van der Waals surface area contributed by atoms with E-state index in [-0.39, 0.29) is 5.91 Å². The van der Waals surface area contributed by atoms with E-state index >= 15 is 0 Å². The van der Waals surface area contributed by atoms with Crippen LogP contribution in [0.4, 0.5) is 0 Å². The predicted molar refractivity (Wildman–Crippen MR) is 53.6 cm³/mol. The normalized spacial score (nSPS) is 10.1. The molecule has 14 heavy (non-hydrogen) atoms. The number of carbonyl (C=O) groups excluding carboxylic acids is 1. The summed E-state index contributed by atoms with van der Waals surface area (Å²) in [5, 5.41) is 0. The molecule has 1 radical (unpaired) electrons. The maximum atomic E-state index is 11.6. The molecular formula is C10H16N3O. The van der Waals surface area contributed by atoms with Gasteiger partial charge in [0.2, 0.25) is 5.91 Å². The summed E-state index contributed by atoms with van der Waals surface area (Å²) < 4.78 is 1.86. The Labute approximate surface area is 84.5 Å². The van der Waals surface area contributed by atoms with E-state index in [0.717, 1.165) is 13.1 Å². The average Bonchev–Trinajstić information content (AvgIpc) is 2.69. The number of hydrogen-bond donors (Lipinski definition) is 0. The van der Waals surface area contributed by atoms with Gasteiger partial charge in [0.15, 0.2) is 0 Å². The van der Waals surface area contributed by atoms with Crippen molar-refractivity contribution < 1.29 is 4.79 Å². The lowest BCUT2D eigenvalue weighted by atomic mass is 10.3. The van der Waals surface area contributed by atoms with Crippen LogP contribution < -0.4 is 0 Å². The molecule has 0 bridgehead atoms. The van der Waals surface area contributed by atoms with E-state index in [2.05, 4.69) is 11.2 Å². The van der Waals surface area contributed by atoms with Gasteiger partial charge in [-0.05, 0) is 13.8 Å². The van der Waals surface area contributed by atoms with Crippen molar-refractivity contribution in [3.05, 3.63) is 18.7 Å². The van der Waals surface area contributed by atoms with E-state index in [1.807, 2.05) is 23.3 Å². The molecule has 0 spiro atoms. The van der Waals surface area contributed by atoms with Crippen molar-refractivity contribution in [1.82, 2.24) is 14.5 Å². The minimum absolute atomic E-state index is 0.198. The van der Waals surface area contributed by atoms with E-state index in [4.69, 9.17) is 0 Å². The molecule has 4 heteroatoms. The van der Waals surface area contributed by atoms with Crippen molar-refractivity contribution >= 4 is 5.91 Å². The molecule has 0 atom stereocenters. The Morgan fingerprint density at radius 3 is 2.71 bits per heavy atom. The summed E-state index contributed by atoms with van der Waals surface area (Å²) in [6.07, 6.45) is 6.65. The molecule has 0 aromatic carbocycles. The van der Waals surface area contributed by atoms with Gasteiger partial charge >= 0.3 is 0 Å². The van der Waals surface area contributed by atoms with Crippen LogP contribution in [0.2, 0.25) is 0 Å². The van der Waals surface area contributed by atoms with Gasteiger partial charge in [0.25, 0.3) is 0 Å². The maximum absolute atomic E-state index is 11.6. The molecule has 0 N–H and O–H groups in total. The zero-order valence-corrected chi connectivity index (χ0v) is 8.73.